The predicted octanol–water partition coefficient (Wildman–Crippen LogP) is 3.80. The number of hydrogen-bond acceptors (Lipinski definition) is 5. The van der Waals surface area contributed by atoms with Gasteiger partial charge in [0.2, 0.25) is 5.13 Å². The van der Waals surface area contributed by atoms with Gasteiger partial charge in [-0.2, -0.15) is 4.37 Å². The molecule has 1 aliphatic heterocycles. The first-order valence-electron chi connectivity index (χ1n) is 7.64. The quantitative estimate of drug-likeness (QED) is 0.924. The molecular weight excluding hydrogens is 318 g/mol. The van der Waals surface area contributed by atoms with Crippen molar-refractivity contribution in [2.45, 2.75) is 38.6 Å². The molecule has 1 saturated heterocycles. The molecule has 1 fully saturated rings. The molecule has 1 atom stereocenters. The highest BCUT2D eigenvalue weighted by Crippen LogP contribution is 2.29. The molecule has 4 nitrogen and oxygen atoms in total. The predicted molar refractivity (Wildman–Crippen MR) is 89.2 cm³/mol. The molecule has 1 aromatic carbocycles. The summed E-state index contributed by atoms with van der Waals surface area (Å²) in [7, 11) is 0. The van der Waals surface area contributed by atoms with Crippen LogP contribution in [-0.2, 0) is 5.41 Å². The fourth-order valence-corrected chi connectivity index (χ4v) is 3.47. The lowest BCUT2D eigenvalue weighted by Crippen LogP contribution is -2.27. The van der Waals surface area contributed by atoms with Crippen molar-refractivity contribution < 1.29 is 8.78 Å². The Kier molecular flexibility index (Phi) is 4.23. The van der Waals surface area contributed by atoms with Gasteiger partial charge in [-0.15, -0.1) is 0 Å². The Morgan fingerprint density at radius 3 is 2.57 bits per heavy atom. The van der Waals surface area contributed by atoms with Crippen molar-refractivity contribution in [3.8, 4) is 0 Å². The molecule has 0 amide bonds. The molecule has 0 saturated carbocycles. The fraction of sp³-hybridized carbons (Fsp3) is 0.500. The molecule has 0 spiro atoms. The Morgan fingerprint density at radius 1 is 1.26 bits per heavy atom. The number of anilines is 2. The molecule has 1 aliphatic rings. The van der Waals surface area contributed by atoms with Crippen LogP contribution in [0.4, 0.5) is 19.6 Å². The largest absolute Gasteiger partial charge is 0.365 e. The van der Waals surface area contributed by atoms with Crippen LogP contribution in [0.25, 0.3) is 0 Å². The van der Waals surface area contributed by atoms with Crippen molar-refractivity contribution in [2.24, 2.45) is 0 Å². The van der Waals surface area contributed by atoms with Crippen LogP contribution in [0.5, 0.6) is 0 Å². The summed E-state index contributed by atoms with van der Waals surface area (Å²) in [5, 5.41) is 4.09. The molecular formula is C16H20F2N4S. The van der Waals surface area contributed by atoms with Gasteiger partial charge in [-0.05, 0) is 18.6 Å². The minimum Gasteiger partial charge on any atom is -0.365 e. The summed E-state index contributed by atoms with van der Waals surface area (Å²) in [5.74, 6) is -0.229. The van der Waals surface area contributed by atoms with E-state index in [0.717, 1.165) is 17.4 Å². The van der Waals surface area contributed by atoms with Crippen molar-refractivity contribution in [1.29, 1.82) is 0 Å². The number of nitrogens with zero attached hydrogens (tertiary/aromatic N) is 3. The normalized spacial score (nSPS) is 18.5. The van der Waals surface area contributed by atoms with Crippen molar-refractivity contribution in [2.75, 3.05) is 23.3 Å². The monoisotopic (exact) mass is 338 g/mol. The molecule has 23 heavy (non-hydrogen) atoms. The number of benzene rings is 1. The third-order valence-corrected chi connectivity index (χ3v) is 4.51. The zero-order valence-electron chi connectivity index (χ0n) is 13.4. The van der Waals surface area contributed by atoms with Gasteiger partial charge in [0, 0.05) is 36.1 Å². The second-order valence-corrected chi connectivity index (χ2v) is 7.57. The van der Waals surface area contributed by atoms with E-state index in [1.54, 1.807) is 4.90 Å². The van der Waals surface area contributed by atoms with Crippen molar-refractivity contribution in [3.05, 3.63) is 35.7 Å². The Hall–Kier alpha value is -1.76. The number of aromatic nitrogens is 2. The van der Waals surface area contributed by atoms with E-state index in [0.29, 0.717) is 13.1 Å². The van der Waals surface area contributed by atoms with Crippen LogP contribution in [0.2, 0.25) is 0 Å². The summed E-state index contributed by atoms with van der Waals surface area (Å²) < 4.78 is 32.1. The molecule has 0 radical (unpaired) electrons. The zero-order chi connectivity index (χ0) is 16.6. The lowest BCUT2D eigenvalue weighted by Gasteiger charge is -2.20. The van der Waals surface area contributed by atoms with Crippen LogP contribution in [0.15, 0.2) is 18.2 Å². The smallest absolute Gasteiger partial charge is 0.202 e. The van der Waals surface area contributed by atoms with Crippen LogP contribution in [0.1, 0.15) is 33.0 Å². The second-order valence-electron chi connectivity index (χ2n) is 6.82. The molecule has 1 N–H and O–H groups in total. The van der Waals surface area contributed by atoms with Gasteiger partial charge < -0.3 is 10.2 Å². The Bertz CT molecular complexity index is 675. The Morgan fingerprint density at radius 2 is 1.96 bits per heavy atom. The Balaban J connectivity index is 1.68. The van der Waals surface area contributed by atoms with E-state index in [1.807, 2.05) is 0 Å². The van der Waals surface area contributed by atoms with Crippen LogP contribution in [0.3, 0.4) is 0 Å². The van der Waals surface area contributed by atoms with E-state index in [-0.39, 0.29) is 17.1 Å². The summed E-state index contributed by atoms with van der Waals surface area (Å²) in [4.78, 5) is 6.25. The highest BCUT2D eigenvalue weighted by molar-refractivity contribution is 7.09. The summed E-state index contributed by atoms with van der Waals surface area (Å²) in [6.45, 7) is 7.36. The molecule has 1 aromatic heterocycles. The van der Waals surface area contributed by atoms with Gasteiger partial charge in [0.1, 0.15) is 23.1 Å². The highest BCUT2D eigenvalue weighted by Gasteiger charge is 2.28. The molecule has 2 heterocycles. The van der Waals surface area contributed by atoms with Crippen molar-refractivity contribution in [1.82, 2.24) is 9.36 Å². The van der Waals surface area contributed by atoms with Crippen LogP contribution in [-0.4, -0.2) is 28.5 Å². The van der Waals surface area contributed by atoms with Gasteiger partial charge in [-0.3, -0.25) is 0 Å². The summed E-state index contributed by atoms with van der Waals surface area (Å²) in [5.41, 5.74) is -0.0292. The third kappa shape index (κ3) is 3.44. The number of hydrogen-bond donors (Lipinski definition) is 1. The third-order valence-electron chi connectivity index (χ3n) is 3.87. The maximum atomic E-state index is 13.9. The van der Waals surface area contributed by atoms with Gasteiger partial charge in [0.15, 0.2) is 0 Å². The Labute approximate surface area is 138 Å². The first kappa shape index (κ1) is 16.1. The van der Waals surface area contributed by atoms with Crippen LogP contribution < -0.4 is 10.2 Å². The molecule has 1 unspecified atom stereocenters. The zero-order valence-corrected chi connectivity index (χ0v) is 14.3. The van der Waals surface area contributed by atoms with E-state index in [2.05, 4.69) is 35.4 Å². The summed E-state index contributed by atoms with van der Waals surface area (Å²) in [6.07, 6.45) is 0.804. The first-order valence-corrected chi connectivity index (χ1v) is 8.41. The van der Waals surface area contributed by atoms with E-state index in [4.69, 9.17) is 0 Å². The first-order chi connectivity index (χ1) is 10.8. The van der Waals surface area contributed by atoms with Crippen LogP contribution >= 0.6 is 11.5 Å². The number of para-hydroxylation sites is 1. The molecule has 7 heteroatoms. The van der Waals surface area contributed by atoms with Gasteiger partial charge in [0.05, 0.1) is 0 Å². The van der Waals surface area contributed by atoms with Crippen LogP contribution in [0, 0.1) is 11.6 Å². The average Bonchev–Trinajstić information content (AvgIpc) is 3.08. The number of halogens is 2. The van der Waals surface area contributed by atoms with Crippen molar-refractivity contribution >= 4 is 22.4 Å². The van der Waals surface area contributed by atoms with E-state index >= 15 is 0 Å². The molecule has 124 valence electrons. The SMILES string of the molecule is CC(C)(C)c1nsc(NC2CCN(c3c(F)cccc3F)C2)n1. The maximum Gasteiger partial charge on any atom is 0.202 e. The van der Waals surface area contributed by atoms with E-state index in [9.17, 15) is 8.78 Å². The van der Waals surface area contributed by atoms with Gasteiger partial charge in [-0.1, -0.05) is 26.8 Å². The minimum atomic E-state index is -0.517. The molecule has 2 aromatic rings. The lowest BCUT2D eigenvalue weighted by molar-refractivity contribution is 0.555. The summed E-state index contributed by atoms with van der Waals surface area (Å²) in [6, 6.07) is 4.07. The average molecular weight is 338 g/mol. The number of rotatable bonds is 3. The number of nitrogens with one attached hydrogen (secondary N) is 1. The minimum absolute atomic E-state index is 0.0597. The highest BCUT2D eigenvalue weighted by atomic mass is 32.1. The van der Waals surface area contributed by atoms with E-state index in [1.165, 1.54) is 29.7 Å². The van der Waals surface area contributed by atoms with E-state index < -0.39 is 11.6 Å². The molecule has 3 rings (SSSR count). The molecule has 0 bridgehead atoms. The fourth-order valence-electron chi connectivity index (χ4n) is 2.63. The second kappa shape index (κ2) is 6.03. The molecule has 0 aliphatic carbocycles. The maximum absolute atomic E-state index is 13.9. The topological polar surface area (TPSA) is 41.1 Å². The standard InChI is InChI=1S/C16H20F2N4S/c1-16(2,3)14-20-15(23-21-14)19-10-7-8-22(9-10)13-11(17)5-4-6-12(13)18/h4-6,10H,7-9H2,1-3H3,(H,19,20,21). The summed E-state index contributed by atoms with van der Waals surface area (Å²) >= 11 is 1.33. The lowest BCUT2D eigenvalue weighted by atomic mass is 9.96. The van der Waals surface area contributed by atoms with Gasteiger partial charge in [-0.25, -0.2) is 13.8 Å². The van der Waals surface area contributed by atoms with Gasteiger partial charge in [0.25, 0.3) is 0 Å². The van der Waals surface area contributed by atoms with Crippen molar-refractivity contribution in [3.63, 3.8) is 0 Å². The van der Waals surface area contributed by atoms with Gasteiger partial charge >= 0.3 is 0 Å².